The van der Waals surface area contributed by atoms with Crippen molar-refractivity contribution in [2.45, 2.75) is 26.2 Å². The van der Waals surface area contributed by atoms with Crippen LogP contribution in [0.1, 0.15) is 26.3 Å². The van der Waals surface area contributed by atoms with E-state index in [1.807, 2.05) is 24.3 Å². The van der Waals surface area contributed by atoms with Crippen molar-refractivity contribution in [2.75, 3.05) is 25.1 Å². The van der Waals surface area contributed by atoms with Crippen LogP contribution in [0.5, 0.6) is 17.2 Å². The van der Waals surface area contributed by atoms with E-state index in [2.05, 4.69) is 42.0 Å². The second-order valence-corrected chi connectivity index (χ2v) is 7.91. The summed E-state index contributed by atoms with van der Waals surface area (Å²) in [6.45, 7) is 7.28. The molecule has 2 aromatic carbocycles. The van der Waals surface area contributed by atoms with E-state index in [9.17, 15) is 4.79 Å². The van der Waals surface area contributed by atoms with Crippen molar-refractivity contribution in [1.29, 1.82) is 0 Å². The van der Waals surface area contributed by atoms with Crippen LogP contribution in [0.15, 0.2) is 40.9 Å². The molecule has 0 bridgehead atoms. The van der Waals surface area contributed by atoms with Gasteiger partial charge in [-0.1, -0.05) is 39.0 Å². The minimum absolute atomic E-state index is 0.0636. The highest BCUT2D eigenvalue weighted by Gasteiger charge is 2.20. The summed E-state index contributed by atoms with van der Waals surface area (Å²) >= 11 is 3.45. The summed E-state index contributed by atoms with van der Waals surface area (Å²) in [4.78, 5) is 12.3. The van der Waals surface area contributed by atoms with Crippen LogP contribution < -0.4 is 19.5 Å². The van der Waals surface area contributed by atoms with Crippen LogP contribution in [-0.4, -0.2) is 25.7 Å². The molecule has 6 heteroatoms. The number of carbonyl (C=O) groups is 1. The predicted molar refractivity (Wildman–Crippen MR) is 104 cm³/mol. The molecule has 26 heavy (non-hydrogen) atoms. The van der Waals surface area contributed by atoms with Crippen molar-refractivity contribution in [1.82, 2.24) is 0 Å². The second kappa shape index (κ2) is 7.58. The molecule has 1 heterocycles. The number of nitrogens with one attached hydrogen (secondary N) is 1. The van der Waals surface area contributed by atoms with Crippen LogP contribution in [0.2, 0.25) is 0 Å². The first-order chi connectivity index (χ1) is 12.3. The van der Waals surface area contributed by atoms with E-state index in [-0.39, 0.29) is 17.9 Å². The van der Waals surface area contributed by atoms with Crippen LogP contribution in [0.3, 0.4) is 0 Å². The van der Waals surface area contributed by atoms with E-state index in [1.54, 1.807) is 12.1 Å². The molecule has 2 aromatic rings. The van der Waals surface area contributed by atoms with Crippen molar-refractivity contribution in [3.05, 3.63) is 46.4 Å². The Labute approximate surface area is 161 Å². The standard InChI is InChI=1S/C20H22BrNO4/c1-20(2,3)13-6-4-5-7-16(13)26-12-19(23)22-15-11-18-17(10-14(15)21)24-8-9-25-18/h4-7,10-11H,8-9,12H2,1-3H3,(H,22,23). The molecule has 1 aliphatic heterocycles. The molecule has 0 saturated carbocycles. The zero-order chi connectivity index (χ0) is 18.7. The maximum atomic E-state index is 12.3. The Morgan fingerprint density at radius 2 is 1.81 bits per heavy atom. The number of fused-ring (bicyclic) bond motifs is 1. The van der Waals surface area contributed by atoms with E-state index in [0.717, 1.165) is 15.8 Å². The Morgan fingerprint density at radius 1 is 1.15 bits per heavy atom. The van der Waals surface area contributed by atoms with Gasteiger partial charge in [0.2, 0.25) is 0 Å². The molecule has 0 atom stereocenters. The van der Waals surface area contributed by atoms with Gasteiger partial charge in [0.05, 0.1) is 5.69 Å². The Balaban J connectivity index is 1.67. The third-order valence-corrected chi connectivity index (χ3v) is 4.62. The van der Waals surface area contributed by atoms with Gasteiger partial charge in [-0.05, 0) is 33.0 Å². The largest absolute Gasteiger partial charge is 0.486 e. The zero-order valence-electron chi connectivity index (χ0n) is 15.1. The summed E-state index contributed by atoms with van der Waals surface area (Å²) in [6, 6.07) is 11.3. The number of ether oxygens (including phenoxy) is 3. The lowest BCUT2D eigenvalue weighted by Crippen LogP contribution is -2.22. The lowest BCUT2D eigenvalue weighted by Gasteiger charge is -2.22. The molecule has 138 valence electrons. The average molecular weight is 420 g/mol. The van der Waals surface area contributed by atoms with Crippen molar-refractivity contribution >= 4 is 27.5 Å². The summed E-state index contributed by atoms with van der Waals surface area (Å²) in [5.41, 5.74) is 1.62. The third-order valence-electron chi connectivity index (χ3n) is 3.96. The van der Waals surface area contributed by atoms with E-state index >= 15 is 0 Å². The lowest BCUT2D eigenvalue weighted by atomic mass is 9.86. The molecule has 0 unspecified atom stereocenters. The van der Waals surface area contributed by atoms with E-state index in [1.165, 1.54) is 0 Å². The molecular weight excluding hydrogens is 398 g/mol. The molecule has 0 saturated heterocycles. The first kappa shape index (κ1) is 18.6. The van der Waals surface area contributed by atoms with Gasteiger partial charge in [0.15, 0.2) is 18.1 Å². The molecule has 1 amide bonds. The number of para-hydroxylation sites is 1. The van der Waals surface area contributed by atoms with Crippen molar-refractivity contribution < 1.29 is 19.0 Å². The fourth-order valence-electron chi connectivity index (χ4n) is 2.70. The fraction of sp³-hybridized carbons (Fsp3) is 0.350. The van der Waals surface area contributed by atoms with Crippen LogP contribution in [0.25, 0.3) is 0 Å². The first-order valence-electron chi connectivity index (χ1n) is 8.46. The molecule has 0 radical (unpaired) electrons. The minimum atomic E-state index is -0.244. The minimum Gasteiger partial charge on any atom is -0.486 e. The van der Waals surface area contributed by atoms with Crippen LogP contribution >= 0.6 is 15.9 Å². The van der Waals surface area contributed by atoms with Crippen LogP contribution in [-0.2, 0) is 10.2 Å². The van der Waals surface area contributed by atoms with Gasteiger partial charge in [0, 0.05) is 16.6 Å². The van der Waals surface area contributed by atoms with Crippen molar-refractivity contribution in [2.24, 2.45) is 0 Å². The summed E-state index contributed by atoms with van der Waals surface area (Å²) in [7, 11) is 0. The number of benzene rings is 2. The molecule has 0 spiro atoms. The summed E-state index contributed by atoms with van der Waals surface area (Å²) in [5, 5.41) is 2.84. The average Bonchev–Trinajstić information content (AvgIpc) is 2.60. The smallest absolute Gasteiger partial charge is 0.262 e. The Hall–Kier alpha value is -2.21. The summed E-state index contributed by atoms with van der Waals surface area (Å²) in [5.74, 6) is 1.76. The van der Waals surface area contributed by atoms with Gasteiger partial charge < -0.3 is 19.5 Å². The maximum absolute atomic E-state index is 12.3. The monoisotopic (exact) mass is 419 g/mol. The molecular formula is C20H22BrNO4. The SMILES string of the molecule is CC(C)(C)c1ccccc1OCC(=O)Nc1cc2c(cc1Br)OCCO2. The van der Waals surface area contributed by atoms with E-state index in [0.29, 0.717) is 30.4 Å². The Kier molecular flexibility index (Phi) is 5.41. The number of rotatable bonds is 4. The van der Waals surface area contributed by atoms with Crippen molar-refractivity contribution in [3.8, 4) is 17.2 Å². The molecule has 5 nitrogen and oxygen atoms in total. The topological polar surface area (TPSA) is 56.8 Å². The molecule has 1 aliphatic rings. The molecule has 0 aromatic heterocycles. The number of halogens is 1. The van der Waals surface area contributed by atoms with Gasteiger partial charge in [-0.15, -0.1) is 0 Å². The molecule has 0 fully saturated rings. The van der Waals surface area contributed by atoms with Gasteiger partial charge >= 0.3 is 0 Å². The predicted octanol–water partition coefficient (Wildman–Crippen LogP) is 4.54. The Bertz CT molecular complexity index is 814. The van der Waals surface area contributed by atoms with Gasteiger partial charge in [-0.2, -0.15) is 0 Å². The molecule has 1 N–H and O–H groups in total. The van der Waals surface area contributed by atoms with Crippen molar-refractivity contribution in [3.63, 3.8) is 0 Å². The first-order valence-corrected chi connectivity index (χ1v) is 9.25. The number of hydrogen-bond donors (Lipinski definition) is 1. The van der Waals surface area contributed by atoms with Gasteiger partial charge in [0.1, 0.15) is 19.0 Å². The second-order valence-electron chi connectivity index (χ2n) is 7.06. The number of amides is 1. The number of anilines is 1. The van der Waals surface area contributed by atoms with Crippen LogP contribution in [0, 0.1) is 0 Å². The van der Waals surface area contributed by atoms with Gasteiger partial charge in [0.25, 0.3) is 5.91 Å². The third kappa shape index (κ3) is 4.30. The highest BCUT2D eigenvalue weighted by molar-refractivity contribution is 9.10. The summed E-state index contributed by atoms with van der Waals surface area (Å²) < 4.78 is 17.6. The van der Waals surface area contributed by atoms with Crippen LogP contribution in [0.4, 0.5) is 5.69 Å². The zero-order valence-corrected chi connectivity index (χ0v) is 16.7. The normalized spacial score (nSPS) is 13.2. The quantitative estimate of drug-likeness (QED) is 0.790. The van der Waals surface area contributed by atoms with Gasteiger partial charge in [-0.25, -0.2) is 0 Å². The van der Waals surface area contributed by atoms with E-state index < -0.39 is 0 Å². The Morgan fingerprint density at radius 3 is 2.50 bits per heavy atom. The molecule has 3 rings (SSSR count). The highest BCUT2D eigenvalue weighted by Crippen LogP contribution is 2.38. The fourth-order valence-corrected chi connectivity index (χ4v) is 3.12. The summed E-state index contributed by atoms with van der Waals surface area (Å²) in [6.07, 6.45) is 0. The van der Waals surface area contributed by atoms with E-state index in [4.69, 9.17) is 14.2 Å². The lowest BCUT2D eigenvalue weighted by molar-refractivity contribution is -0.118. The number of carbonyl (C=O) groups excluding carboxylic acids is 1. The highest BCUT2D eigenvalue weighted by atomic mass is 79.9. The molecule has 0 aliphatic carbocycles. The van der Waals surface area contributed by atoms with Gasteiger partial charge in [-0.3, -0.25) is 4.79 Å². The number of hydrogen-bond acceptors (Lipinski definition) is 4. The maximum Gasteiger partial charge on any atom is 0.262 e.